The lowest BCUT2D eigenvalue weighted by Gasteiger charge is -2.54. The quantitative estimate of drug-likeness (QED) is 0.0444. The van der Waals surface area contributed by atoms with E-state index in [-0.39, 0.29) is 0 Å². The highest BCUT2D eigenvalue weighted by atomic mass is 31.1. The van der Waals surface area contributed by atoms with Crippen molar-refractivity contribution >= 4 is 53.8 Å². The molecular formula is C51H29B2F20P-. The summed E-state index contributed by atoms with van der Waals surface area (Å²) in [6.45, 7) is 1.23. The number of halogens is 20. The summed E-state index contributed by atoms with van der Waals surface area (Å²) >= 11 is 0. The number of rotatable bonds is 9. The Kier molecular flexibility index (Phi) is 13.9. The van der Waals surface area contributed by atoms with Crippen LogP contribution in [-0.4, -0.2) is 13.4 Å². The minimum Gasteiger partial charge on any atom is -0.207 e. The van der Waals surface area contributed by atoms with Crippen molar-refractivity contribution in [3.63, 3.8) is 0 Å². The second kappa shape index (κ2) is 19.1. The fourth-order valence-electron chi connectivity index (χ4n) is 11.0. The zero-order chi connectivity index (χ0) is 54.8. The number of fused-ring (bicyclic) bond motifs is 1. The van der Waals surface area contributed by atoms with Crippen LogP contribution in [0.25, 0.3) is 0 Å². The van der Waals surface area contributed by atoms with E-state index >= 15 is 87.8 Å². The first-order valence-corrected chi connectivity index (χ1v) is 23.1. The van der Waals surface area contributed by atoms with Crippen LogP contribution >= 0.6 is 7.92 Å². The summed E-state index contributed by atoms with van der Waals surface area (Å²) in [7, 11) is -2.54. The molecule has 23 heteroatoms. The van der Waals surface area contributed by atoms with Crippen LogP contribution in [0.15, 0.2) is 48.5 Å². The van der Waals surface area contributed by atoms with Gasteiger partial charge in [0.1, 0.15) is 23.3 Å². The highest BCUT2D eigenvalue weighted by molar-refractivity contribution is 7.73. The van der Waals surface area contributed by atoms with Gasteiger partial charge in [-0.2, -0.15) is 16.1 Å². The lowest BCUT2D eigenvalue weighted by molar-refractivity contribution is 0.380. The van der Waals surface area contributed by atoms with E-state index < -0.39 is 188 Å². The molecule has 0 bridgehead atoms. The Morgan fingerprint density at radius 2 is 0.662 bits per heavy atom. The molecule has 385 valence electrons. The summed E-state index contributed by atoms with van der Waals surface area (Å²) in [5.41, 5.74) is -11.6. The monoisotopic (exact) mass is 1070 g/mol. The normalized spacial score (nSPS) is 15.5. The fraction of sp³-hybridized carbons (Fsp3) is 0.176. The Morgan fingerprint density at radius 3 is 0.973 bits per heavy atom. The van der Waals surface area contributed by atoms with Gasteiger partial charge in [-0.25, -0.2) is 87.8 Å². The van der Waals surface area contributed by atoms with Crippen LogP contribution in [-0.2, 0) is 5.21 Å². The Hall–Kier alpha value is -6.30. The molecule has 7 aromatic carbocycles. The zero-order valence-corrected chi connectivity index (χ0v) is 39.5. The molecule has 74 heavy (non-hydrogen) atoms. The van der Waals surface area contributed by atoms with Crippen LogP contribution in [0.4, 0.5) is 87.8 Å². The molecule has 0 fully saturated rings. The summed E-state index contributed by atoms with van der Waals surface area (Å²) in [6.07, 6.45) is -1.69. The summed E-state index contributed by atoms with van der Waals surface area (Å²) in [4.78, 5) is 0. The first-order chi connectivity index (χ1) is 34.6. The first kappa shape index (κ1) is 54.0. The third-order valence-electron chi connectivity index (χ3n) is 13.6. The van der Waals surface area contributed by atoms with Gasteiger partial charge in [-0.15, -0.1) is 0 Å². The minimum atomic E-state index is -4.23. The topological polar surface area (TPSA) is 0 Å². The average molecular weight is 1070 g/mol. The van der Waals surface area contributed by atoms with Crippen molar-refractivity contribution in [3.8, 4) is 0 Å². The SMILES string of the molecule is Cc1cc(C)c(P(c2c(C)cc(C)cc2C)[C@@H]2CC(B(c3c(F)c(F)c(F)c(F)c3F)c3c(F)c(F)c(F)c(F)c3F)([B-](c3c(F)c(F)c(F)c(F)c3F)c3c(F)c(F)c(F)c(F)c3F)c3ccccc32)c(C)c1. The van der Waals surface area contributed by atoms with E-state index in [0.717, 1.165) is 18.2 Å². The number of benzene rings is 7. The number of aryl methyl sites for hydroxylation is 6. The molecular weight excluding hydrogens is 1050 g/mol. The largest absolute Gasteiger partial charge is 0.207 e. The van der Waals surface area contributed by atoms with Crippen molar-refractivity contribution in [2.75, 3.05) is 0 Å². The van der Waals surface area contributed by atoms with Gasteiger partial charge in [-0.3, -0.25) is 0 Å². The van der Waals surface area contributed by atoms with Crippen molar-refractivity contribution in [2.24, 2.45) is 0 Å². The van der Waals surface area contributed by atoms with Crippen LogP contribution in [0, 0.1) is 158 Å². The van der Waals surface area contributed by atoms with Crippen molar-refractivity contribution in [1.82, 2.24) is 0 Å². The van der Waals surface area contributed by atoms with Crippen LogP contribution in [0.2, 0.25) is 0 Å². The number of hydrogen-bond acceptors (Lipinski definition) is 0. The van der Waals surface area contributed by atoms with E-state index in [9.17, 15) is 0 Å². The predicted molar refractivity (Wildman–Crippen MR) is 238 cm³/mol. The third kappa shape index (κ3) is 7.81. The average Bonchev–Trinajstić information content (AvgIpc) is 3.69. The van der Waals surface area contributed by atoms with Gasteiger partial charge >= 0.3 is 0 Å². The van der Waals surface area contributed by atoms with Crippen molar-refractivity contribution in [2.45, 2.75) is 58.8 Å². The van der Waals surface area contributed by atoms with E-state index in [1.165, 1.54) is 0 Å². The maximum atomic E-state index is 17.0. The summed E-state index contributed by atoms with van der Waals surface area (Å²) in [5, 5.41) is -3.64. The van der Waals surface area contributed by atoms with E-state index in [1.807, 2.05) is 0 Å². The van der Waals surface area contributed by atoms with Crippen LogP contribution in [0.1, 0.15) is 56.6 Å². The molecule has 1 atom stereocenters. The van der Waals surface area contributed by atoms with E-state index in [4.69, 9.17) is 0 Å². The molecule has 7 aromatic rings. The first-order valence-electron chi connectivity index (χ1n) is 21.7. The highest BCUT2D eigenvalue weighted by Gasteiger charge is 2.58. The van der Waals surface area contributed by atoms with Gasteiger partial charge in [-0.1, -0.05) is 71.6 Å². The van der Waals surface area contributed by atoms with E-state index in [2.05, 4.69) is 0 Å². The van der Waals surface area contributed by atoms with Gasteiger partial charge in [0, 0.05) is 5.66 Å². The molecule has 0 nitrogen and oxygen atoms in total. The molecule has 0 N–H and O–H groups in total. The Labute approximate surface area is 409 Å². The number of hydrogen-bond donors (Lipinski definition) is 0. The lowest BCUT2D eigenvalue weighted by atomic mass is 9.07. The Balaban J connectivity index is 1.76. The predicted octanol–water partition coefficient (Wildman–Crippen LogP) is 11.8. The smallest absolute Gasteiger partial charge is 0.200 e. The lowest BCUT2D eigenvalue weighted by Crippen LogP contribution is -2.74. The molecule has 1 radical (unpaired) electrons. The van der Waals surface area contributed by atoms with Crippen LogP contribution in [0.3, 0.4) is 0 Å². The van der Waals surface area contributed by atoms with Gasteiger partial charge in [0.25, 0.3) is 0 Å². The van der Waals surface area contributed by atoms with Gasteiger partial charge < -0.3 is 0 Å². The second-order valence-electron chi connectivity index (χ2n) is 18.0. The second-order valence-corrected chi connectivity index (χ2v) is 20.3. The standard InChI is InChI=1S/C51H29B2F20P/c1-16-11-18(3)49(19(4)12-16)74(50-20(5)13-17(2)14-21(50)6)24-15-51(23-10-8-7-9-22(23)24,52(25-29(54)37(62)45(70)38(63)30(25)55)26-31(56)39(64)46(71)40(65)32(26)57)53(27-33(58)41(66)47(72)42(67)34(27)59)28-35(60)43(68)48(73)44(69)36(28)61/h7-14,24H,15H2,1-6H3/q-1/t24-/m1/s1. The van der Waals surface area contributed by atoms with Crippen molar-refractivity contribution in [3.05, 3.63) is 209 Å². The van der Waals surface area contributed by atoms with Gasteiger partial charge in [0.15, 0.2) is 99.8 Å². The maximum Gasteiger partial charge on any atom is 0.200 e. The summed E-state index contributed by atoms with van der Waals surface area (Å²) < 4.78 is 324. The summed E-state index contributed by atoms with van der Waals surface area (Å²) in [6, 6.07) is 10.1. The molecule has 0 spiro atoms. The molecule has 0 heterocycles. The van der Waals surface area contributed by atoms with Gasteiger partial charge in [0.05, 0.1) is 0 Å². The molecule has 0 unspecified atom stereocenters. The maximum absolute atomic E-state index is 17.0. The van der Waals surface area contributed by atoms with Gasteiger partial charge in [-0.05, 0) is 106 Å². The van der Waals surface area contributed by atoms with E-state index in [0.29, 0.717) is 50.1 Å². The highest BCUT2D eigenvalue weighted by Crippen LogP contribution is 2.63. The molecule has 0 amide bonds. The fourth-order valence-corrected chi connectivity index (χ4v) is 14.7. The summed E-state index contributed by atoms with van der Waals surface area (Å²) in [5.74, 6) is -62.9. The van der Waals surface area contributed by atoms with Gasteiger partial charge in [0.2, 0.25) is 0 Å². The Bertz CT molecular complexity index is 3060. The Morgan fingerprint density at radius 1 is 0.392 bits per heavy atom. The molecule has 0 saturated carbocycles. The molecule has 0 aromatic heterocycles. The molecule has 0 saturated heterocycles. The van der Waals surface area contributed by atoms with Crippen molar-refractivity contribution in [1.29, 1.82) is 0 Å². The molecule has 0 aliphatic heterocycles. The van der Waals surface area contributed by atoms with E-state index in [1.54, 1.807) is 65.8 Å². The zero-order valence-electron chi connectivity index (χ0n) is 38.6. The third-order valence-corrected chi connectivity index (χ3v) is 17.0. The van der Waals surface area contributed by atoms with Crippen molar-refractivity contribution < 1.29 is 87.8 Å². The van der Waals surface area contributed by atoms with Crippen LogP contribution < -0.4 is 32.5 Å². The molecule has 1 aliphatic carbocycles. The molecule has 1 aliphatic rings. The minimum absolute atomic E-state index is 0.296. The van der Waals surface area contributed by atoms with Crippen LogP contribution in [0.5, 0.6) is 0 Å². The molecule has 8 rings (SSSR count).